The third-order valence-corrected chi connectivity index (χ3v) is 3.20. The van der Waals surface area contributed by atoms with E-state index in [1.165, 1.54) is 0 Å². The standard InChI is InChI=1S/C13H24N4O3S/c1-10(2)9-20-13-11(14)5-6-12(17-13)15-7-4-8-16-21(3,18)19/h5-6,10,16H,4,7-9,14H2,1-3H3,(H,15,17). The van der Waals surface area contributed by atoms with E-state index in [0.29, 0.717) is 49.4 Å². The quantitative estimate of drug-likeness (QED) is 0.588. The molecule has 0 spiro atoms. The molecule has 0 unspecified atom stereocenters. The number of pyridine rings is 1. The van der Waals surface area contributed by atoms with Crippen molar-refractivity contribution in [2.24, 2.45) is 5.92 Å². The van der Waals surface area contributed by atoms with Crippen LogP contribution in [-0.2, 0) is 10.0 Å². The minimum absolute atomic E-state index is 0.386. The van der Waals surface area contributed by atoms with Crippen molar-refractivity contribution in [2.45, 2.75) is 20.3 Å². The summed E-state index contributed by atoms with van der Waals surface area (Å²) in [6.45, 7) is 5.64. The molecular formula is C13H24N4O3S. The van der Waals surface area contributed by atoms with Gasteiger partial charge in [0.25, 0.3) is 0 Å². The van der Waals surface area contributed by atoms with Crippen LogP contribution < -0.4 is 20.5 Å². The molecule has 21 heavy (non-hydrogen) atoms. The number of nitrogens with zero attached hydrogens (tertiary/aromatic N) is 1. The molecule has 0 bridgehead atoms. The molecule has 0 amide bonds. The average molecular weight is 316 g/mol. The lowest BCUT2D eigenvalue weighted by atomic mass is 10.2. The molecule has 0 atom stereocenters. The van der Waals surface area contributed by atoms with E-state index in [0.717, 1.165) is 6.26 Å². The molecule has 0 saturated carbocycles. The fourth-order valence-corrected chi connectivity index (χ4v) is 1.99. The number of hydrogen-bond donors (Lipinski definition) is 3. The third kappa shape index (κ3) is 7.72. The molecule has 0 aliphatic carbocycles. The lowest BCUT2D eigenvalue weighted by molar-refractivity contribution is 0.263. The van der Waals surface area contributed by atoms with E-state index in [1.54, 1.807) is 12.1 Å². The van der Waals surface area contributed by atoms with Crippen molar-refractivity contribution in [3.63, 3.8) is 0 Å². The Kier molecular flexibility index (Phi) is 6.70. The first-order chi connectivity index (χ1) is 9.78. The van der Waals surface area contributed by atoms with Crippen LogP contribution in [0.2, 0.25) is 0 Å². The lowest BCUT2D eigenvalue weighted by Crippen LogP contribution is -2.24. The Morgan fingerprint density at radius 3 is 2.67 bits per heavy atom. The van der Waals surface area contributed by atoms with Crippen LogP contribution in [0, 0.1) is 5.92 Å². The Labute approximate surface area is 126 Å². The number of anilines is 2. The minimum atomic E-state index is -3.13. The van der Waals surface area contributed by atoms with Crippen molar-refractivity contribution < 1.29 is 13.2 Å². The van der Waals surface area contributed by atoms with Crippen LogP contribution >= 0.6 is 0 Å². The molecule has 0 fully saturated rings. The smallest absolute Gasteiger partial charge is 0.239 e. The Morgan fingerprint density at radius 2 is 2.05 bits per heavy atom. The Morgan fingerprint density at radius 1 is 1.33 bits per heavy atom. The first-order valence-corrected chi connectivity index (χ1v) is 8.75. The topological polar surface area (TPSA) is 106 Å². The predicted octanol–water partition coefficient (Wildman–Crippen LogP) is 1.05. The second-order valence-corrected chi connectivity index (χ2v) is 7.08. The zero-order valence-electron chi connectivity index (χ0n) is 12.7. The van der Waals surface area contributed by atoms with Gasteiger partial charge in [0.05, 0.1) is 18.6 Å². The van der Waals surface area contributed by atoms with Gasteiger partial charge in [0, 0.05) is 13.1 Å². The van der Waals surface area contributed by atoms with Crippen molar-refractivity contribution in [1.82, 2.24) is 9.71 Å². The van der Waals surface area contributed by atoms with Crippen LogP contribution in [0.1, 0.15) is 20.3 Å². The number of nitrogens with one attached hydrogen (secondary N) is 2. The maximum Gasteiger partial charge on any atom is 0.239 e. The summed E-state index contributed by atoms with van der Waals surface area (Å²) in [4.78, 5) is 4.29. The zero-order valence-corrected chi connectivity index (χ0v) is 13.5. The fourth-order valence-electron chi connectivity index (χ4n) is 1.47. The average Bonchev–Trinajstić information content (AvgIpc) is 2.37. The number of aromatic nitrogens is 1. The molecule has 0 radical (unpaired) electrons. The second-order valence-electron chi connectivity index (χ2n) is 5.24. The number of ether oxygens (including phenoxy) is 1. The molecule has 120 valence electrons. The van der Waals surface area contributed by atoms with E-state index >= 15 is 0 Å². The van der Waals surface area contributed by atoms with Gasteiger partial charge in [-0.3, -0.25) is 0 Å². The highest BCUT2D eigenvalue weighted by Crippen LogP contribution is 2.21. The normalized spacial score (nSPS) is 11.6. The molecular weight excluding hydrogens is 292 g/mol. The van der Waals surface area contributed by atoms with Crippen LogP contribution in [-0.4, -0.2) is 39.4 Å². The molecule has 0 aromatic carbocycles. The number of hydrogen-bond acceptors (Lipinski definition) is 6. The summed E-state index contributed by atoms with van der Waals surface area (Å²) < 4.78 is 29.8. The molecule has 1 rings (SSSR count). The highest BCUT2D eigenvalue weighted by Gasteiger charge is 2.06. The summed E-state index contributed by atoms with van der Waals surface area (Å²) in [5, 5.41) is 3.10. The number of sulfonamides is 1. The van der Waals surface area contributed by atoms with E-state index < -0.39 is 10.0 Å². The van der Waals surface area contributed by atoms with Gasteiger partial charge in [-0.15, -0.1) is 0 Å². The van der Waals surface area contributed by atoms with Gasteiger partial charge in [0.1, 0.15) is 5.82 Å². The summed E-state index contributed by atoms with van der Waals surface area (Å²) in [6.07, 6.45) is 1.79. The molecule has 1 aromatic rings. The molecule has 7 nitrogen and oxygen atoms in total. The van der Waals surface area contributed by atoms with Gasteiger partial charge in [-0.2, -0.15) is 4.98 Å². The van der Waals surface area contributed by atoms with E-state index in [9.17, 15) is 8.42 Å². The molecule has 8 heteroatoms. The molecule has 1 aromatic heterocycles. The van der Waals surface area contributed by atoms with Gasteiger partial charge in [-0.1, -0.05) is 13.8 Å². The highest BCUT2D eigenvalue weighted by atomic mass is 32.2. The van der Waals surface area contributed by atoms with E-state index in [2.05, 4.69) is 15.0 Å². The number of nitrogens with two attached hydrogens (primary N) is 1. The van der Waals surface area contributed by atoms with Gasteiger partial charge in [0.15, 0.2) is 0 Å². The van der Waals surface area contributed by atoms with Crippen molar-refractivity contribution in [1.29, 1.82) is 0 Å². The summed E-state index contributed by atoms with van der Waals surface area (Å²) in [5.74, 6) is 1.47. The van der Waals surface area contributed by atoms with Crippen molar-refractivity contribution in [2.75, 3.05) is 37.0 Å². The molecule has 0 aliphatic rings. The Balaban J connectivity index is 2.43. The fraction of sp³-hybridized carbons (Fsp3) is 0.615. The second kappa shape index (κ2) is 8.04. The predicted molar refractivity (Wildman–Crippen MR) is 84.9 cm³/mol. The molecule has 0 saturated heterocycles. The highest BCUT2D eigenvalue weighted by molar-refractivity contribution is 7.88. The summed E-state index contributed by atoms with van der Waals surface area (Å²) in [5.41, 5.74) is 6.31. The first kappa shape index (κ1) is 17.5. The van der Waals surface area contributed by atoms with Crippen LogP contribution in [0.3, 0.4) is 0 Å². The van der Waals surface area contributed by atoms with E-state index in [-0.39, 0.29) is 0 Å². The molecule has 0 aliphatic heterocycles. The zero-order chi connectivity index (χ0) is 15.9. The van der Waals surface area contributed by atoms with Gasteiger partial charge in [0.2, 0.25) is 15.9 Å². The maximum atomic E-state index is 10.9. The monoisotopic (exact) mass is 316 g/mol. The third-order valence-electron chi connectivity index (χ3n) is 2.47. The Bertz CT molecular complexity index is 546. The van der Waals surface area contributed by atoms with Crippen LogP contribution in [0.25, 0.3) is 0 Å². The largest absolute Gasteiger partial charge is 0.476 e. The number of nitrogen functional groups attached to an aromatic ring is 1. The number of rotatable bonds is 9. The molecule has 1 heterocycles. The summed E-state index contributed by atoms with van der Waals surface area (Å²) in [7, 11) is -3.13. The van der Waals surface area contributed by atoms with Crippen LogP contribution in [0.5, 0.6) is 5.88 Å². The van der Waals surface area contributed by atoms with Crippen molar-refractivity contribution in [3.05, 3.63) is 12.1 Å². The summed E-state index contributed by atoms with van der Waals surface area (Å²) in [6, 6.07) is 3.50. The first-order valence-electron chi connectivity index (χ1n) is 6.86. The van der Waals surface area contributed by atoms with E-state index in [1.807, 2.05) is 13.8 Å². The van der Waals surface area contributed by atoms with Crippen molar-refractivity contribution >= 4 is 21.5 Å². The lowest BCUT2D eigenvalue weighted by Gasteiger charge is -2.12. The SMILES string of the molecule is CC(C)COc1nc(NCCCNS(C)(=O)=O)ccc1N. The van der Waals surface area contributed by atoms with Gasteiger partial charge in [-0.05, 0) is 24.5 Å². The Hall–Kier alpha value is -1.54. The minimum Gasteiger partial charge on any atom is -0.476 e. The van der Waals surface area contributed by atoms with Crippen LogP contribution in [0.15, 0.2) is 12.1 Å². The van der Waals surface area contributed by atoms with E-state index in [4.69, 9.17) is 10.5 Å². The van der Waals surface area contributed by atoms with Gasteiger partial charge in [-0.25, -0.2) is 13.1 Å². The molecule has 4 N–H and O–H groups in total. The van der Waals surface area contributed by atoms with Gasteiger partial charge < -0.3 is 15.8 Å². The van der Waals surface area contributed by atoms with Crippen LogP contribution in [0.4, 0.5) is 11.5 Å². The van der Waals surface area contributed by atoms with Gasteiger partial charge >= 0.3 is 0 Å². The maximum absolute atomic E-state index is 10.9. The summed E-state index contributed by atoms with van der Waals surface area (Å²) >= 11 is 0. The van der Waals surface area contributed by atoms with Crippen molar-refractivity contribution in [3.8, 4) is 5.88 Å².